The van der Waals surface area contributed by atoms with Crippen LogP contribution in [0.1, 0.15) is 24.5 Å². The highest BCUT2D eigenvalue weighted by atomic mass is 79.9. The number of pyridine rings is 1. The van der Waals surface area contributed by atoms with Gasteiger partial charge in [0.15, 0.2) is 6.10 Å². The number of aryl methyl sites for hydroxylation is 1. The van der Waals surface area contributed by atoms with Gasteiger partial charge in [0.05, 0.1) is 17.2 Å². The van der Waals surface area contributed by atoms with Crippen LogP contribution in [0.4, 0.5) is 0 Å². The Hall–Kier alpha value is -1.92. The second-order valence-electron chi connectivity index (χ2n) is 6.56. The standard InChI is InChI=1S/C20H23BrN2O3/c1-14-5-6-19(18(21)10-14)26-15(2)20(24)23-9-7-17(12-23)25-13-16-4-3-8-22-11-16/h3-6,8,10-11,15,17H,7,9,12-13H2,1-2H3/t15-,17+/m0/s1. The molecule has 2 atom stereocenters. The van der Waals surface area contributed by atoms with Crippen LogP contribution in [0.5, 0.6) is 5.75 Å². The molecule has 0 radical (unpaired) electrons. The van der Waals surface area contributed by atoms with Crippen LogP contribution in [-0.2, 0) is 16.1 Å². The van der Waals surface area contributed by atoms with Gasteiger partial charge >= 0.3 is 0 Å². The Bertz CT molecular complexity index is 754. The number of nitrogens with zero attached hydrogens (tertiary/aromatic N) is 2. The lowest BCUT2D eigenvalue weighted by Gasteiger charge is -2.22. The number of ether oxygens (including phenoxy) is 2. The van der Waals surface area contributed by atoms with Crippen molar-refractivity contribution in [1.29, 1.82) is 0 Å². The molecule has 26 heavy (non-hydrogen) atoms. The molecule has 0 saturated carbocycles. The van der Waals surface area contributed by atoms with E-state index in [0.717, 1.165) is 22.0 Å². The Labute approximate surface area is 162 Å². The molecule has 3 rings (SSSR count). The number of hydrogen-bond acceptors (Lipinski definition) is 4. The van der Waals surface area contributed by atoms with Crippen molar-refractivity contribution in [3.8, 4) is 5.75 Å². The highest BCUT2D eigenvalue weighted by Gasteiger charge is 2.30. The van der Waals surface area contributed by atoms with Crippen LogP contribution in [0, 0.1) is 6.92 Å². The van der Waals surface area contributed by atoms with Gasteiger partial charge in [-0.15, -0.1) is 0 Å². The molecule has 2 aromatic rings. The predicted octanol–water partition coefficient (Wildman–Crippen LogP) is 3.74. The summed E-state index contributed by atoms with van der Waals surface area (Å²) in [5.74, 6) is 0.671. The number of benzene rings is 1. The summed E-state index contributed by atoms with van der Waals surface area (Å²) in [6.45, 7) is 5.61. The molecule has 0 aliphatic carbocycles. The summed E-state index contributed by atoms with van der Waals surface area (Å²) in [6.07, 6.45) is 3.90. The first-order valence-corrected chi connectivity index (χ1v) is 9.54. The molecule has 0 bridgehead atoms. The number of carbonyl (C=O) groups excluding carboxylic acids is 1. The maximum absolute atomic E-state index is 12.7. The molecule has 0 unspecified atom stereocenters. The lowest BCUT2D eigenvalue weighted by Crippen LogP contribution is -2.39. The van der Waals surface area contributed by atoms with E-state index in [9.17, 15) is 4.79 Å². The molecule has 138 valence electrons. The highest BCUT2D eigenvalue weighted by Crippen LogP contribution is 2.27. The quantitative estimate of drug-likeness (QED) is 0.716. The largest absolute Gasteiger partial charge is 0.480 e. The van der Waals surface area contributed by atoms with E-state index in [2.05, 4.69) is 20.9 Å². The minimum Gasteiger partial charge on any atom is -0.480 e. The van der Waals surface area contributed by atoms with Crippen LogP contribution in [0.15, 0.2) is 47.2 Å². The normalized spacial score (nSPS) is 18.0. The highest BCUT2D eigenvalue weighted by molar-refractivity contribution is 9.10. The van der Waals surface area contributed by atoms with Gasteiger partial charge in [0, 0.05) is 25.5 Å². The molecular weight excluding hydrogens is 396 g/mol. The number of aromatic nitrogens is 1. The number of likely N-dealkylation sites (tertiary alicyclic amines) is 1. The Kier molecular flexibility index (Phi) is 6.27. The average molecular weight is 419 g/mol. The molecule has 0 N–H and O–H groups in total. The fourth-order valence-corrected chi connectivity index (χ4v) is 3.55. The van der Waals surface area contributed by atoms with Crippen LogP contribution >= 0.6 is 15.9 Å². The van der Waals surface area contributed by atoms with Crippen LogP contribution in [0.2, 0.25) is 0 Å². The minimum absolute atomic E-state index is 0.00930. The summed E-state index contributed by atoms with van der Waals surface area (Å²) in [5, 5.41) is 0. The molecule has 1 aromatic heterocycles. The molecule has 6 heteroatoms. The maximum atomic E-state index is 12.7. The summed E-state index contributed by atoms with van der Waals surface area (Å²) in [4.78, 5) is 18.6. The second-order valence-corrected chi connectivity index (χ2v) is 7.42. The van der Waals surface area contributed by atoms with Crippen LogP contribution in [-0.4, -0.2) is 41.1 Å². The number of rotatable bonds is 6. The van der Waals surface area contributed by atoms with Crippen molar-refractivity contribution >= 4 is 21.8 Å². The van der Waals surface area contributed by atoms with Crippen LogP contribution < -0.4 is 4.74 Å². The van der Waals surface area contributed by atoms with E-state index >= 15 is 0 Å². The number of carbonyl (C=O) groups is 1. The third-order valence-corrected chi connectivity index (χ3v) is 5.02. The lowest BCUT2D eigenvalue weighted by atomic mass is 10.2. The van der Waals surface area contributed by atoms with Gasteiger partial charge in [-0.2, -0.15) is 0 Å². The van der Waals surface area contributed by atoms with Crippen molar-refractivity contribution < 1.29 is 14.3 Å². The van der Waals surface area contributed by atoms with Gasteiger partial charge in [-0.05, 0) is 65.5 Å². The molecule has 0 spiro atoms. The maximum Gasteiger partial charge on any atom is 0.263 e. The smallest absolute Gasteiger partial charge is 0.263 e. The molecule has 1 aliphatic rings. The van der Waals surface area contributed by atoms with Crippen molar-refractivity contribution in [3.63, 3.8) is 0 Å². The summed E-state index contributed by atoms with van der Waals surface area (Å²) >= 11 is 3.49. The van der Waals surface area contributed by atoms with E-state index in [4.69, 9.17) is 9.47 Å². The van der Waals surface area contributed by atoms with Crippen LogP contribution in [0.25, 0.3) is 0 Å². The minimum atomic E-state index is -0.536. The molecule has 1 amide bonds. The number of hydrogen-bond donors (Lipinski definition) is 0. The summed E-state index contributed by atoms with van der Waals surface area (Å²) in [6, 6.07) is 9.71. The molecule has 1 fully saturated rings. The zero-order valence-corrected chi connectivity index (χ0v) is 16.6. The van der Waals surface area contributed by atoms with Crippen molar-refractivity contribution in [2.75, 3.05) is 13.1 Å². The van der Waals surface area contributed by atoms with Gasteiger partial charge in [0.25, 0.3) is 5.91 Å². The van der Waals surface area contributed by atoms with Crippen molar-refractivity contribution in [2.45, 2.75) is 39.1 Å². The second kappa shape index (κ2) is 8.64. The first kappa shape index (κ1) is 18.9. The topological polar surface area (TPSA) is 51.7 Å². The molecule has 1 aromatic carbocycles. The number of amides is 1. The fourth-order valence-electron chi connectivity index (χ4n) is 2.96. The predicted molar refractivity (Wildman–Crippen MR) is 103 cm³/mol. The first-order valence-electron chi connectivity index (χ1n) is 8.75. The lowest BCUT2D eigenvalue weighted by molar-refractivity contribution is -0.137. The Morgan fingerprint density at radius 2 is 2.27 bits per heavy atom. The SMILES string of the molecule is Cc1ccc(O[C@@H](C)C(=O)N2CC[C@@H](OCc3cccnc3)C2)c(Br)c1. The van der Waals surface area contributed by atoms with E-state index in [1.165, 1.54) is 0 Å². The molecular formula is C20H23BrN2O3. The van der Waals surface area contributed by atoms with Gasteiger partial charge in [-0.25, -0.2) is 0 Å². The molecule has 2 heterocycles. The third kappa shape index (κ3) is 4.83. The van der Waals surface area contributed by atoms with E-state index in [-0.39, 0.29) is 12.0 Å². The summed E-state index contributed by atoms with van der Waals surface area (Å²) in [7, 11) is 0. The third-order valence-electron chi connectivity index (χ3n) is 4.40. The summed E-state index contributed by atoms with van der Waals surface area (Å²) < 4.78 is 12.6. The fraction of sp³-hybridized carbons (Fsp3) is 0.400. The van der Waals surface area contributed by atoms with E-state index < -0.39 is 6.10 Å². The average Bonchev–Trinajstić information content (AvgIpc) is 3.11. The van der Waals surface area contributed by atoms with E-state index in [0.29, 0.717) is 25.4 Å². The Balaban J connectivity index is 1.50. The van der Waals surface area contributed by atoms with Crippen molar-refractivity contribution in [3.05, 3.63) is 58.3 Å². The molecule has 5 nitrogen and oxygen atoms in total. The summed E-state index contributed by atoms with van der Waals surface area (Å²) in [5.41, 5.74) is 2.18. The van der Waals surface area contributed by atoms with Gasteiger partial charge in [-0.1, -0.05) is 12.1 Å². The van der Waals surface area contributed by atoms with Gasteiger partial charge in [0.2, 0.25) is 0 Å². The van der Waals surface area contributed by atoms with Gasteiger partial charge in [0.1, 0.15) is 5.75 Å². The van der Waals surface area contributed by atoms with E-state index in [1.807, 2.05) is 42.2 Å². The Morgan fingerprint density at radius 3 is 3.00 bits per heavy atom. The Morgan fingerprint density at radius 1 is 1.42 bits per heavy atom. The molecule has 1 aliphatic heterocycles. The van der Waals surface area contributed by atoms with Crippen molar-refractivity contribution in [2.24, 2.45) is 0 Å². The van der Waals surface area contributed by atoms with Gasteiger partial charge in [-0.3, -0.25) is 9.78 Å². The molecule has 1 saturated heterocycles. The first-order chi connectivity index (χ1) is 12.5. The number of halogens is 1. The zero-order valence-electron chi connectivity index (χ0n) is 15.0. The van der Waals surface area contributed by atoms with E-state index in [1.54, 1.807) is 19.3 Å². The van der Waals surface area contributed by atoms with Crippen LogP contribution in [0.3, 0.4) is 0 Å². The monoisotopic (exact) mass is 418 g/mol. The zero-order chi connectivity index (χ0) is 18.5. The van der Waals surface area contributed by atoms with Gasteiger partial charge < -0.3 is 14.4 Å². The van der Waals surface area contributed by atoms with Crippen molar-refractivity contribution in [1.82, 2.24) is 9.88 Å².